The van der Waals surface area contributed by atoms with Crippen LogP contribution >= 0.6 is 11.6 Å². The van der Waals surface area contributed by atoms with E-state index in [1.54, 1.807) is 18.2 Å². The Hall–Kier alpha value is -0.780. The maximum absolute atomic E-state index is 11.8. The zero-order valence-corrected chi connectivity index (χ0v) is 10.7. The molecule has 1 heterocycles. The van der Waals surface area contributed by atoms with E-state index < -0.39 is 10.1 Å². The molecule has 1 fully saturated rings. The Bertz CT molecular complexity index is 480. The van der Waals surface area contributed by atoms with Gasteiger partial charge in [-0.05, 0) is 18.6 Å². The van der Waals surface area contributed by atoms with E-state index in [0.29, 0.717) is 18.2 Å². The molecule has 1 aliphatic rings. The molecule has 1 aromatic rings. The molecule has 94 valence electrons. The molecule has 1 atom stereocenters. The SMILES string of the molecule is O=S(=O)(CC1CCOC1)Oc1ccccc1Cl. The van der Waals surface area contributed by atoms with Gasteiger partial charge in [0.1, 0.15) is 0 Å². The van der Waals surface area contributed by atoms with Crippen LogP contribution in [-0.4, -0.2) is 27.4 Å². The summed E-state index contributed by atoms with van der Waals surface area (Å²) in [5.74, 6) is 0.161. The van der Waals surface area contributed by atoms with Gasteiger partial charge in [-0.3, -0.25) is 0 Å². The smallest absolute Gasteiger partial charge is 0.309 e. The quantitative estimate of drug-likeness (QED) is 0.790. The average molecular weight is 277 g/mol. The van der Waals surface area contributed by atoms with E-state index in [-0.39, 0.29) is 17.4 Å². The molecule has 1 unspecified atom stereocenters. The highest BCUT2D eigenvalue weighted by Crippen LogP contribution is 2.25. The predicted molar refractivity (Wildman–Crippen MR) is 64.8 cm³/mol. The lowest BCUT2D eigenvalue weighted by molar-refractivity contribution is 0.188. The monoisotopic (exact) mass is 276 g/mol. The van der Waals surface area contributed by atoms with E-state index in [1.165, 1.54) is 6.07 Å². The molecule has 0 bridgehead atoms. The highest BCUT2D eigenvalue weighted by atomic mass is 35.5. The molecule has 0 saturated carbocycles. The normalized spacial score (nSPS) is 20.4. The minimum absolute atomic E-state index is 0.0162. The number of hydrogen-bond acceptors (Lipinski definition) is 4. The van der Waals surface area contributed by atoms with Crippen LogP contribution in [0.2, 0.25) is 5.02 Å². The highest BCUT2D eigenvalue weighted by molar-refractivity contribution is 7.87. The fourth-order valence-electron chi connectivity index (χ4n) is 1.69. The van der Waals surface area contributed by atoms with E-state index in [0.717, 1.165) is 6.42 Å². The van der Waals surface area contributed by atoms with Crippen molar-refractivity contribution >= 4 is 21.7 Å². The summed E-state index contributed by atoms with van der Waals surface area (Å²) in [6.45, 7) is 1.09. The largest absolute Gasteiger partial charge is 0.381 e. The van der Waals surface area contributed by atoms with E-state index in [9.17, 15) is 8.42 Å². The molecule has 0 aliphatic carbocycles. The van der Waals surface area contributed by atoms with Crippen molar-refractivity contribution < 1.29 is 17.3 Å². The van der Waals surface area contributed by atoms with Gasteiger partial charge in [0, 0.05) is 12.5 Å². The van der Waals surface area contributed by atoms with Gasteiger partial charge in [0.15, 0.2) is 5.75 Å². The Morgan fingerprint density at radius 1 is 1.41 bits per heavy atom. The van der Waals surface area contributed by atoms with Crippen LogP contribution in [0.25, 0.3) is 0 Å². The third kappa shape index (κ3) is 3.59. The summed E-state index contributed by atoms with van der Waals surface area (Å²) in [7, 11) is -3.60. The first-order valence-corrected chi connectivity index (χ1v) is 7.27. The van der Waals surface area contributed by atoms with Crippen molar-refractivity contribution in [3.63, 3.8) is 0 Å². The molecular weight excluding hydrogens is 264 g/mol. The number of para-hydroxylation sites is 1. The third-order valence-electron chi connectivity index (χ3n) is 2.52. The van der Waals surface area contributed by atoms with Crippen molar-refractivity contribution in [2.45, 2.75) is 6.42 Å². The number of halogens is 1. The molecule has 1 saturated heterocycles. The van der Waals surface area contributed by atoms with Crippen LogP contribution in [0.5, 0.6) is 5.75 Å². The standard InChI is InChI=1S/C11H13ClO4S/c12-10-3-1-2-4-11(10)16-17(13,14)8-9-5-6-15-7-9/h1-4,9H,5-8H2. The van der Waals surface area contributed by atoms with Crippen molar-refractivity contribution in [2.24, 2.45) is 5.92 Å². The van der Waals surface area contributed by atoms with E-state index >= 15 is 0 Å². The molecule has 0 amide bonds. The van der Waals surface area contributed by atoms with Crippen molar-refractivity contribution in [1.29, 1.82) is 0 Å². The topological polar surface area (TPSA) is 52.6 Å². The van der Waals surface area contributed by atoms with Crippen molar-refractivity contribution in [2.75, 3.05) is 19.0 Å². The molecule has 1 aliphatic heterocycles. The molecule has 0 spiro atoms. The van der Waals surface area contributed by atoms with Gasteiger partial charge >= 0.3 is 10.1 Å². The van der Waals surface area contributed by atoms with E-state index in [2.05, 4.69) is 0 Å². The van der Waals surface area contributed by atoms with Crippen LogP contribution in [0.4, 0.5) is 0 Å². The maximum Gasteiger partial charge on any atom is 0.309 e. The first-order chi connectivity index (χ1) is 8.07. The van der Waals surface area contributed by atoms with E-state index in [4.69, 9.17) is 20.5 Å². The Morgan fingerprint density at radius 2 is 2.18 bits per heavy atom. The zero-order chi connectivity index (χ0) is 12.3. The molecule has 6 heteroatoms. The van der Waals surface area contributed by atoms with Crippen LogP contribution in [-0.2, 0) is 14.9 Å². The lowest BCUT2D eigenvalue weighted by Gasteiger charge is -2.10. The van der Waals surface area contributed by atoms with Crippen LogP contribution < -0.4 is 4.18 Å². The average Bonchev–Trinajstić information content (AvgIpc) is 2.73. The minimum Gasteiger partial charge on any atom is -0.381 e. The Labute approximate surface area is 106 Å². The molecular formula is C11H13ClO4S. The summed E-state index contributed by atoms with van der Waals surface area (Å²) >= 11 is 5.83. The summed E-state index contributed by atoms with van der Waals surface area (Å²) in [4.78, 5) is 0. The molecule has 4 nitrogen and oxygen atoms in total. The molecule has 0 aromatic heterocycles. The van der Waals surface area contributed by atoms with Gasteiger partial charge in [0.2, 0.25) is 0 Å². The Balaban J connectivity index is 2.04. The number of ether oxygens (including phenoxy) is 1. The minimum atomic E-state index is -3.60. The first-order valence-electron chi connectivity index (χ1n) is 5.31. The van der Waals surface area contributed by atoms with Gasteiger partial charge in [-0.15, -0.1) is 0 Å². The van der Waals surface area contributed by atoms with Gasteiger partial charge in [-0.2, -0.15) is 8.42 Å². The molecule has 2 rings (SSSR count). The van der Waals surface area contributed by atoms with Crippen molar-refractivity contribution in [3.8, 4) is 5.75 Å². The van der Waals surface area contributed by atoms with Crippen LogP contribution in [0.3, 0.4) is 0 Å². The Kier molecular flexibility index (Phi) is 3.91. The van der Waals surface area contributed by atoms with Gasteiger partial charge in [0.05, 0.1) is 17.4 Å². The summed E-state index contributed by atoms with van der Waals surface area (Å²) in [5.41, 5.74) is 0. The van der Waals surface area contributed by atoms with Crippen molar-refractivity contribution in [3.05, 3.63) is 29.3 Å². The number of benzene rings is 1. The second-order valence-electron chi connectivity index (χ2n) is 3.97. The lowest BCUT2D eigenvalue weighted by atomic mass is 10.2. The van der Waals surface area contributed by atoms with Gasteiger partial charge < -0.3 is 8.92 Å². The third-order valence-corrected chi connectivity index (χ3v) is 4.14. The zero-order valence-electron chi connectivity index (χ0n) is 9.13. The van der Waals surface area contributed by atoms with Crippen LogP contribution in [0, 0.1) is 5.92 Å². The van der Waals surface area contributed by atoms with Gasteiger partial charge in [-0.1, -0.05) is 23.7 Å². The fraction of sp³-hybridized carbons (Fsp3) is 0.455. The second kappa shape index (κ2) is 5.25. The summed E-state index contributed by atoms with van der Waals surface area (Å²) in [6, 6.07) is 6.51. The number of rotatable bonds is 4. The maximum atomic E-state index is 11.8. The molecule has 0 radical (unpaired) electrons. The summed E-state index contributed by atoms with van der Waals surface area (Å²) in [6.07, 6.45) is 0.755. The molecule has 1 aromatic carbocycles. The second-order valence-corrected chi connectivity index (χ2v) is 5.99. The fourth-order valence-corrected chi connectivity index (χ4v) is 3.23. The first kappa shape index (κ1) is 12.7. The van der Waals surface area contributed by atoms with Crippen LogP contribution in [0.15, 0.2) is 24.3 Å². The highest BCUT2D eigenvalue weighted by Gasteiger charge is 2.25. The lowest BCUT2D eigenvalue weighted by Crippen LogP contribution is -2.21. The Morgan fingerprint density at radius 3 is 2.82 bits per heavy atom. The van der Waals surface area contributed by atoms with Gasteiger partial charge in [0.25, 0.3) is 0 Å². The van der Waals surface area contributed by atoms with Gasteiger partial charge in [-0.25, -0.2) is 0 Å². The van der Waals surface area contributed by atoms with Crippen LogP contribution in [0.1, 0.15) is 6.42 Å². The number of hydrogen-bond donors (Lipinski definition) is 0. The van der Waals surface area contributed by atoms with E-state index in [1.807, 2.05) is 0 Å². The summed E-state index contributed by atoms with van der Waals surface area (Å²) < 4.78 is 33.7. The van der Waals surface area contributed by atoms with Crippen molar-refractivity contribution in [1.82, 2.24) is 0 Å². The predicted octanol–water partition coefficient (Wildman–Crippen LogP) is 2.09. The summed E-state index contributed by atoms with van der Waals surface area (Å²) in [5, 5.41) is 0.291. The molecule has 0 N–H and O–H groups in total. The molecule has 17 heavy (non-hydrogen) atoms.